The molecular formula is C20H21N3O5S. The van der Waals surface area contributed by atoms with Gasteiger partial charge in [0.1, 0.15) is 5.69 Å². The summed E-state index contributed by atoms with van der Waals surface area (Å²) in [7, 11) is 0. The second kappa shape index (κ2) is 11.5. The summed E-state index contributed by atoms with van der Waals surface area (Å²) in [6.45, 7) is 0.285. The summed E-state index contributed by atoms with van der Waals surface area (Å²) >= 11 is 4.99. The van der Waals surface area contributed by atoms with E-state index in [-0.39, 0.29) is 35.9 Å². The molecule has 0 aliphatic heterocycles. The maximum atomic E-state index is 11.9. The lowest BCUT2D eigenvalue weighted by Crippen LogP contribution is -2.34. The third-order valence-electron chi connectivity index (χ3n) is 3.87. The second-order valence-corrected chi connectivity index (χ2v) is 6.49. The molecule has 0 unspecified atom stereocenters. The van der Waals surface area contributed by atoms with Crippen molar-refractivity contribution in [3.63, 3.8) is 0 Å². The number of benzene rings is 2. The van der Waals surface area contributed by atoms with Gasteiger partial charge in [-0.15, -0.1) is 0 Å². The second-order valence-electron chi connectivity index (χ2n) is 6.09. The minimum absolute atomic E-state index is 0.0781. The molecule has 29 heavy (non-hydrogen) atoms. The first kappa shape index (κ1) is 22.0. The number of ether oxygens (including phenoxy) is 1. The van der Waals surface area contributed by atoms with Crippen LogP contribution in [0.5, 0.6) is 0 Å². The van der Waals surface area contributed by atoms with Crippen molar-refractivity contribution >= 4 is 40.6 Å². The Bertz CT molecular complexity index is 873. The Hall–Kier alpha value is -3.33. The van der Waals surface area contributed by atoms with Crippen LogP contribution in [0.15, 0.2) is 54.6 Å². The van der Waals surface area contributed by atoms with E-state index in [0.717, 1.165) is 6.42 Å². The summed E-state index contributed by atoms with van der Waals surface area (Å²) in [4.78, 5) is 34.1. The van der Waals surface area contributed by atoms with E-state index in [2.05, 4.69) is 10.6 Å². The Morgan fingerprint density at radius 2 is 1.72 bits per heavy atom. The molecule has 0 bridgehead atoms. The van der Waals surface area contributed by atoms with Crippen molar-refractivity contribution in [1.82, 2.24) is 5.32 Å². The first-order valence-corrected chi connectivity index (χ1v) is 9.40. The molecule has 2 aromatic carbocycles. The fraction of sp³-hybridized carbons (Fsp3) is 0.250. The largest absolute Gasteiger partial charge is 0.466 e. The van der Waals surface area contributed by atoms with Crippen LogP contribution in [0.2, 0.25) is 0 Å². The fourth-order valence-corrected chi connectivity index (χ4v) is 2.70. The van der Waals surface area contributed by atoms with Gasteiger partial charge in [-0.25, -0.2) is 0 Å². The van der Waals surface area contributed by atoms with Crippen LogP contribution in [-0.2, 0) is 20.7 Å². The van der Waals surface area contributed by atoms with E-state index in [1.807, 2.05) is 30.3 Å². The number of esters is 1. The van der Waals surface area contributed by atoms with Crippen LogP contribution in [0.1, 0.15) is 24.8 Å². The van der Waals surface area contributed by atoms with Crippen LogP contribution < -0.4 is 10.6 Å². The van der Waals surface area contributed by atoms with E-state index in [1.54, 1.807) is 6.07 Å². The van der Waals surface area contributed by atoms with Gasteiger partial charge in [0, 0.05) is 12.5 Å². The highest BCUT2D eigenvalue weighted by Gasteiger charge is 2.15. The number of nitro groups is 1. The Labute approximate surface area is 173 Å². The van der Waals surface area contributed by atoms with Crippen LogP contribution in [0.4, 0.5) is 11.4 Å². The molecule has 9 heteroatoms. The standard InChI is InChI=1S/C20H21N3O5S/c24-18(22-20(29)21-16-10-4-5-11-17(16)23(26)27)12-13-19(25)28-14-6-9-15-7-2-1-3-8-15/h1-5,7-8,10-11H,6,9,12-14H2,(H2,21,22,24,29). The van der Waals surface area contributed by atoms with Gasteiger partial charge >= 0.3 is 5.97 Å². The number of para-hydroxylation sites is 2. The predicted molar refractivity (Wildman–Crippen MR) is 112 cm³/mol. The molecule has 152 valence electrons. The molecule has 0 atom stereocenters. The van der Waals surface area contributed by atoms with Crippen molar-refractivity contribution in [3.05, 3.63) is 70.3 Å². The van der Waals surface area contributed by atoms with Gasteiger partial charge in [0.15, 0.2) is 5.11 Å². The summed E-state index contributed by atoms with van der Waals surface area (Å²) < 4.78 is 5.11. The quantitative estimate of drug-likeness (QED) is 0.212. The van der Waals surface area contributed by atoms with Crippen molar-refractivity contribution in [1.29, 1.82) is 0 Å². The van der Waals surface area contributed by atoms with Crippen LogP contribution in [0.25, 0.3) is 0 Å². The van der Waals surface area contributed by atoms with Crippen molar-refractivity contribution in [2.24, 2.45) is 0 Å². The number of rotatable bonds is 9. The van der Waals surface area contributed by atoms with E-state index >= 15 is 0 Å². The van der Waals surface area contributed by atoms with Crippen LogP contribution in [0, 0.1) is 10.1 Å². The van der Waals surface area contributed by atoms with Gasteiger partial charge in [0.2, 0.25) is 5.91 Å². The summed E-state index contributed by atoms with van der Waals surface area (Å²) in [6, 6.07) is 15.8. The van der Waals surface area contributed by atoms with E-state index in [0.29, 0.717) is 6.42 Å². The lowest BCUT2D eigenvalue weighted by molar-refractivity contribution is -0.383. The van der Waals surface area contributed by atoms with Crippen LogP contribution >= 0.6 is 12.2 Å². The molecular weight excluding hydrogens is 394 g/mol. The van der Waals surface area contributed by atoms with E-state index < -0.39 is 16.8 Å². The third-order valence-corrected chi connectivity index (χ3v) is 4.08. The summed E-state index contributed by atoms with van der Waals surface area (Å²) in [5.41, 5.74) is 1.17. The maximum absolute atomic E-state index is 11.9. The lowest BCUT2D eigenvalue weighted by atomic mass is 10.1. The van der Waals surface area contributed by atoms with Crippen molar-refractivity contribution in [2.45, 2.75) is 25.7 Å². The molecule has 2 N–H and O–H groups in total. The molecule has 0 aliphatic rings. The zero-order valence-electron chi connectivity index (χ0n) is 15.6. The van der Waals surface area contributed by atoms with E-state index in [1.165, 1.54) is 23.8 Å². The van der Waals surface area contributed by atoms with E-state index in [9.17, 15) is 19.7 Å². The predicted octanol–water partition coefficient (Wildman–Crippen LogP) is 3.36. The number of aryl methyl sites for hydroxylation is 1. The minimum atomic E-state index is -0.555. The average molecular weight is 415 g/mol. The molecule has 0 heterocycles. The molecule has 1 amide bonds. The van der Waals surface area contributed by atoms with Gasteiger partial charge in [-0.05, 0) is 36.7 Å². The van der Waals surface area contributed by atoms with E-state index in [4.69, 9.17) is 17.0 Å². The first-order chi connectivity index (χ1) is 14.0. The topological polar surface area (TPSA) is 111 Å². The summed E-state index contributed by atoms with van der Waals surface area (Å²) in [5.74, 6) is -0.951. The number of nitrogens with one attached hydrogen (secondary N) is 2. The monoisotopic (exact) mass is 415 g/mol. The van der Waals surface area contributed by atoms with Crippen molar-refractivity contribution < 1.29 is 19.2 Å². The van der Waals surface area contributed by atoms with Crippen molar-refractivity contribution in [2.75, 3.05) is 11.9 Å². The highest BCUT2D eigenvalue weighted by Crippen LogP contribution is 2.22. The molecule has 0 fully saturated rings. The molecule has 0 saturated carbocycles. The van der Waals surface area contributed by atoms with Gasteiger partial charge in [-0.3, -0.25) is 19.7 Å². The number of hydrogen-bond acceptors (Lipinski definition) is 6. The Morgan fingerprint density at radius 1 is 1.03 bits per heavy atom. The molecule has 0 saturated heterocycles. The zero-order valence-corrected chi connectivity index (χ0v) is 16.4. The molecule has 0 aliphatic carbocycles. The first-order valence-electron chi connectivity index (χ1n) is 8.99. The highest BCUT2D eigenvalue weighted by atomic mass is 32.1. The maximum Gasteiger partial charge on any atom is 0.306 e. The number of carbonyl (C=O) groups excluding carboxylic acids is 2. The summed E-state index contributed by atoms with van der Waals surface area (Å²) in [6.07, 6.45) is 1.33. The smallest absolute Gasteiger partial charge is 0.306 e. The number of carbonyl (C=O) groups is 2. The number of hydrogen-bond donors (Lipinski definition) is 2. The fourth-order valence-electron chi connectivity index (χ4n) is 2.48. The Kier molecular flexibility index (Phi) is 8.71. The molecule has 8 nitrogen and oxygen atoms in total. The molecule has 0 radical (unpaired) electrons. The van der Waals surface area contributed by atoms with Crippen molar-refractivity contribution in [3.8, 4) is 0 Å². The molecule has 0 spiro atoms. The van der Waals surface area contributed by atoms with Gasteiger partial charge in [0.05, 0.1) is 18.0 Å². The van der Waals surface area contributed by atoms with Gasteiger partial charge in [-0.1, -0.05) is 42.5 Å². The SMILES string of the molecule is O=C(CCC(=O)OCCCc1ccccc1)NC(=S)Nc1ccccc1[N+](=O)[O-]. The zero-order chi connectivity index (χ0) is 21.1. The van der Waals surface area contributed by atoms with Crippen LogP contribution in [0.3, 0.4) is 0 Å². The Morgan fingerprint density at radius 3 is 2.45 bits per heavy atom. The van der Waals surface area contributed by atoms with Gasteiger partial charge in [0.25, 0.3) is 5.69 Å². The van der Waals surface area contributed by atoms with Crippen LogP contribution in [-0.4, -0.2) is 28.5 Å². The number of anilines is 1. The van der Waals surface area contributed by atoms with Gasteiger partial charge in [-0.2, -0.15) is 0 Å². The third kappa shape index (κ3) is 8.06. The normalized spacial score (nSPS) is 10.1. The number of amides is 1. The number of nitro benzene ring substituents is 1. The Balaban J connectivity index is 1.65. The molecule has 2 rings (SSSR count). The number of thiocarbonyl (C=S) groups is 1. The highest BCUT2D eigenvalue weighted by molar-refractivity contribution is 7.80. The average Bonchev–Trinajstić information content (AvgIpc) is 2.70. The molecule has 2 aromatic rings. The summed E-state index contributed by atoms with van der Waals surface area (Å²) in [5, 5.41) is 15.9. The van der Waals surface area contributed by atoms with Gasteiger partial charge < -0.3 is 15.4 Å². The number of nitrogens with zero attached hydrogens (tertiary/aromatic N) is 1. The lowest BCUT2D eigenvalue weighted by Gasteiger charge is -2.10. The molecule has 0 aromatic heterocycles. The minimum Gasteiger partial charge on any atom is -0.466 e.